The Labute approximate surface area is 149 Å². The zero-order valence-electron chi connectivity index (χ0n) is 11.1. The number of hydrogen-bond acceptors (Lipinski definition) is 4. The summed E-state index contributed by atoms with van der Waals surface area (Å²) in [5.74, 6) is -2.02. The number of rotatable bonds is 3. The largest absolute Gasteiger partial charge is 1.00 e. The van der Waals surface area contributed by atoms with Gasteiger partial charge in [-0.2, -0.15) is 0 Å². The van der Waals surface area contributed by atoms with Crippen molar-refractivity contribution in [3.8, 4) is 0 Å². The Morgan fingerprint density at radius 2 is 1.67 bits per heavy atom. The second-order valence-electron chi connectivity index (χ2n) is 4.97. The van der Waals surface area contributed by atoms with Crippen LogP contribution in [0.3, 0.4) is 0 Å². The van der Waals surface area contributed by atoms with Crippen molar-refractivity contribution in [2.75, 3.05) is 6.61 Å². The van der Waals surface area contributed by atoms with Gasteiger partial charge in [-0.15, -0.1) is 0 Å². The second kappa shape index (κ2) is 7.40. The van der Waals surface area contributed by atoms with Crippen molar-refractivity contribution in [3.63, 3.8) is 0 Å². The Morgan fingerprint density at radius 3 is 2.11 bits per heavy atom. The summed E-state index contributed by atoms with van der Waals surface area (Å²) in [7, 11) is 0. The molecule has 0 N–H and O–H groups in total. The van der Waals surface area contributed by atoms with E-state index in [2.05, 4.69) is 0 Å². The zero-order chi connectivity index (χ0) is 13.1. The second-order valence-corrected chi connectivity index (χ2v) is 4.97. The minimum absolute atomic E-state index is 0. The first-order valence-electron chi connectivity index (χ1n) is 5.29. The number of carboxylic acids is 1. The first kappa shape index (κ1) is 17.8. The standard InChI is InChI=1S/C13H16O4.K/c1-13(2,3)8-17-12(16)10-7-5-4-6-9(10)11(14)15;/h4-7H,8H2,1-3H3,(H,14,15);/q;+1/p-1. The molecule has 0 aromatic heterocycles. The van der Waals surface area contributed by atoms with Crippen LogP contribution in [0.15, 0.2) is 24.3 Å². The van der Waals surface area contributed by atoms with Gasteiger partial charge < -0.3 is 14.6 Å². The smallest absolute Gasteiger partial charge is 0.545 e. The van der Waals surface area contributed by atoms with Crippen LogP contribution in [0.25, 0.3) is 0 Å². The van der Waals surface area contributed by atoms with Gasteiger partial charge in [-0.05, 0) is 11.5 Å². The van der Waals surface area contributed by atoms with Gasteiger partial charge in [0.25, 0.3) is 0 Å². The van der Waals surface area contributed by atoms with Crippen LogP contribution in [0.1, 0.15) is 41.5 Å². The molecule has 0 heterocycles. The predicted octanol–water partition coefficient (Wildman–Crippen LogP) is -1.74. The van der Waals surface area contributed by atoms with Crippen molar-refractivity contribution in [2.45, 2.75) is 20.8 Å². The van der Waals surface area contributed by atoms with Gasteiger partial charge in [-0.1, -0.05) is 39.0 Å². The van der Waals surface area contributed by atoms with Crippen molar-refractivity contribution in [3.05, 3.63) is 35.4 Å². The molecular formula is C13H15KO4. The molecule has 0 spiro atoms. The van der Waals surface area contributed by atoms with E-state index in [-0.39, 0.29) is 74.5 Å². The van der Waals surface area contributed by atoms with Crippen LogP contribution in [0.2, 0.25) is 0 Å². The Hall–Kier alpha value is -0.204. The van der Waals surface area contributed by atoms with Gasteiger partial charge in [-0.3, -0.25) is 0 Å². The molecule has 4 nitrogen and oxygen atoms in total. The third-order valence-corrected chi connectivity index (χ3v) is 2.00. The third-order valence-electron chi connectivity index (χ3n) is 2.00. The van der Waals surface area contributed by atoms with Gasteiger partial charge in [0, 0.05) is 5.56 Å². The number of esters is 1. The Bertz CT molecular complexity index is 435. The quantitative estimate of drug-likeness (QED) is 0.485. The van der Waals surface area contributed by atoms with Gasteiger partial charge in [0.05, 0.1) is 18.1 Å². The third kappa shape index (κ3) is 5.62. The van der Waals surface area contributed by atoms with Crippen LogP contribution < -0.4 is 56.5 Å². The van der Waals surface area contributed by atoms with E-state index in [0.717, 1.165) is 0 Å². The van der Waals surface area contributed by atoms with Crippen LogP contribution in [0.5, 0.6) is 0 Å². The fraction of sp³-hybridized carbons (Fsp3) is 0.385. The van der Waals surface area contributed by atoms with Crippen LogP contribution in [-0.2, 0) is 4.74 Å². The van der Waals surface area contributed by atoms with Crippen LogP contribution in [0.4, 0.5) is 0 Å². The molecule has 5 heteroatoms. The van der Waals surface area contributed by atoms with Crippen LogP contribution in [-0.4, -0.2) is 18.5 Å². The molecule has 1 rings (SSSR count). The average molecular weight is 274 g/mol. The maximum atomic E-state index is 11.7. The molecule has 0 saturated heterocycles. The first-order chi connectivity index (χ1) is 7.81. The van der Waals surface area contributed by atoms with Gasteiger partial charge in [0.1, 0.15) is 0 Å². The van der Waals surface area contributed by atoms with E-state index in [1.54, 1.807) is 6.07 Å². The van der Waals surface area contributed by atoms with Crippen molar-refractivity contribution >= 4 is 11.9 Å². The van der Waals surface area contributed by atoms with Gasteiger partial charge in [-0.25, -0.2) is 4.79 Å². The predicted molar refractivity (Wildman–Crippen MR) is 60.5 cm³/mol. The minimum atomic E-state index is -1.38. The first-order valence-corrected chi connectivity index (χ1v) is 5.29. The van der Waals surface area contributed by atoms with Gasteiger partial charge >= 0.3 is 57.4 Å². The van der Waals surface area contributed by atoms with Crippen molar-refractivity contribution in [2.24, 2.45) is 5.41 Å². The summed E-state index contributed by atoms with van der Waals surface area (Å²) in [6.07, 6.45) is 0. The molecule has 0 saturated carbocycles. The molecule has 0 radical (unpaired) electrons. The molecule has 0 atom stereocenters. The van der Waals surface area contributed by atoms with Crippen LogP contribution >= 0.6 is 0 Å². The van der Waals surface area contributed by atoms with Crippen molar-refractivity contribution in [1.82, 2.24) is 0 Å². The normalized spacial score (nSPS) is 10.4. The molecule has 0 aliphatic carbocycles. The van der Waals surface area contributed by atoms with Gasteiger partial charge in [0.2, 0.25) is 0 Å². The average Bonchev–Trinajstić information content (AvgIpc) is 2.25. The summed E-state index contributed by atoms with van der Waals surface area (Å²) in [5.41, 5.74) is -0.283. The number of ether oxygens (including phenoxy) is 1. The fourth-order valence-corrected chi connectivity index (χ4v) is 1.20. The molecule has 1 aromatic rings. The Balaban J connectivity index is 0.00000289. The number of hydrogen-bond donors (Lipinski definition) is 0. The molecule has 0 aliphatic rings. The molecule has 0 aliphatic heterocycles. The summed E-state index contributed by atoms with van der Waals surface area (Å²) < 4.78 is 5.05. The molecular weight excluding hydrogens is 259 g/mol. The fourth-order valence-electron chi connectivity index (χ4n) is 1.20. The molecule has 0 amide bonds. The van der Waals surface area contributed by atoms with E-state index in [4.69, 9.17) is 4.74 Å². The van der Waals surface area contributed by atoms with E-state index in [1.165, 1.54) is 18.2 Å². The number of carbonyl (C=O) groups is 2. The van der Waals surface area contributed by atoms with E-state index in [1.807, 2.05) is 20.8 Å². The minimum Gasteiger partial charge on any atom is -0.545 e. The molecule has 1 aromatic carbocycles. The van der Waals surface area contributed by atoms with E-state index >= 15 is 0 Å². The zero-order valence-corrected chi connectivity index (χ0v) is 14.3. The van der Waals surface area contributed by atoms with Gasteiger partial charge in [0.15, 0.2) is 0 Å². The maximum absolute atomic E-state index is 11.7. The molecule has 0 unspecified atom stereocenters. The number of carbonyl (C=O) groups excluding carboxylic acids is 2. The summed E-state index contributed by atoms with van der Waals surface area (Å²) >= 11 is 0. The maximum Gasteiger partial charge on any atom is 1.00 e. The van der Waals surface area contributed by atoms with Crippen molar-refractivity contribution < 1.29 is 70.8 Å². The van der Waals surface area contributed by atoms with E-state index in [0.29, 0.717) is 0 Å². The topological polar surface area (TPSA) is 66.4 Å². The van der Waals surface area contributed by atoms with Crippen molar-refractivity contribution in [1.29, 1.82) is 0 Å². The van der Waals surface area contributed by atoms with Crippen LogP contribution in [0, 0.1) is 5.41 Å². The number of carboxylic acid groups (broad SMARTS) is 1. The SMILES string of the molecule is CC(C)(C)COC(=O)c1ccccc1C(=O)[O-].[K+]. The Morgan fingerprint density at radius 1 is 1.17 bits per heavy atom. The number of aromatic carboxylic acids is 1. The van der Waals surface area contributed by atoms with E-state index in [9.17, 15) is 14.7 Å². The summed E-state index contributed by atoms with van der Waals surface area (Å²) in [6, 6.07) is 5.85. The van der Waals surface area contributed by atoms with E-state index < -0.39 is 11.9 Å². The summed E-state index contributed by atoms with van der Waals surface area (Å²) in [5, 5.41) is 10.8. The molecule has 92 valence electrons. The monoisotopic (exact) mass is 274 g/mol. The molecule has 18 heavy (non-hydrogen) atoms. The number of benzene rings is 1. The molecule has 0 bridgehead atoms. The molecule has 0 fully saturated rings. The summed E-state index contributed by atoms with van der Waals surface area (Å²) in [4.78, 5) is 22.5. The Kier molecular flexibility index (Phi) is 7.32. The summed E-state index contributed by atoms with van der Waals surface area (Å²) in [6.45, 7) is 5.99.